The third kappa shape index (κ3) is 4.41. The highest BCUT2D eigenvalue weighted by Crippen LogP contribution is 2.34. The van der Waals surface area contributed by atoms with Gasteiger partial charge in [-0.2, -0.15) is 0 Å². The van der Waals surface area contributed by atoms with Gasteiger partial charge in [-0.15, -0.1) is 0 Å². The van der Waals surface area contributed by atoms with Gasteiger partial charge in [0.2, 0.25) is 0 Å². The van der Waals surface area contributed by atoms with Crippen molar-refractivity contribution in [3.05, 3.63) is 90.0 Å². The highest BCUT2D eigenvalue weighted by molar-refractivity contribution is 5.93. The van der Waals surface area contributed by atoms with Gasteiger partial charge in [-0.1, -0.05) is 42.5 Å². The van der Waals surface area contributed by atoms with Gasteiger partial charge in [0.05, 0.1) is 0 Å². The van der Waals surface area contributed by atoms with Gasteiger partial charge in [0, 0.05) is 13.1 Å². The summed E-state index contributed by atoms with van der Waals surface area (Å²) < 4.78 is 5.96. The second kappa shape index (κ2) is 8.93. The molecule has 0 saturated carbocycles. The molecule has 0 aliphatic carbocycles. The van der Waals surface area contributed by atoms with Crippen LogP contribution in [0.3, 0.4) is 0 Å². The van der Waals surface area contributed by atoms with Gasteiger partial charge in [-0.3, -0.25) is 4.90 Å². The summed E-state index contributed by atoms with van der Waals surface area (Å²) in [6.45, 7) is 2.89. The van der Waals surface area contributed by atoms with Crippen molar-refractivity contribution in [3.63, 3.8) is 0 Å². The van der Waals surface area contributed by atoms with Crippen LogP contribution >= 0.6 is 0 Å². The first-order chi connectivity index (χ1) is 15.7. The number of hydrogen-bond donors (Lipinski definition) is 2. The second-order valence-electron chi connectivity index (χ2n) is 8.46. The zero-order chi connectivity index (χ0) is 21.9. The van der Waals surface area contributed by atoms with Crippen LogP contribution in [-0.4, -0.2) is 34.9 Å². The van der Waals surface area contributed by atoms with E-state index in [9.17, 15) is 10.2 Å². The van der Waals surface area contributed by atoms with Crippen molar-refractivity contribution in [1.82, 2.24) is 4.90 Å². The summed E-state index contributed by atoms with van der Waals surface area (Å²) in [6, 6.07) is 25.3. The van der Waals surface area contributed by atoms with Crippen molar-refractivity contribution in [2.45, 2.75) is 19.3 Å². The van der Waals surface area contributed by atoms with Crippen LogP contribution in [0.15, 0.2) is 78.9 Å². The molecule has 4 nitrogen and oxygen atoms in total. The predicted octanol–water partition coefficient (Wildman–Crippen LogP) is 5.94. The molecule has 0 atom stereocenters. The lowest BCUT2D eigenvalue weighted by Gasteiger charge is -2.16. The van der Waals surface area contributed by atoms with E-state index >= 15 is 0 Å². The molecule has 32 heavy (non-hydrogen) atoms. The monoisotopic (exact) mass is 425 g/mol. The number of ether oxygens (including phenoxy) is 1. The first-order valence-corrected chi connectivity index (χ1v) is 11.1. The van der Waals surface area contributed by atoms with E-state index in [4.69, 9.17) is 4.74 Å². The molecule has 0 unspecified atom stereocenters. The summed E-state index contributed by atoms with van der Waals surface area (Å²) in [7, 11) is 0. The molecule has 1 aliphatic rings. The zero-order valence-corrected chi connectivity index (χ0v) is 18.0. The molecule has 0 amide bonds. The number of rotatable bonds is 6. The molecule has 1 aliphatic heterocycles. The molecular formula is C28H27NO3. The molecule has 1 heterocycles. The van der Waals surface area contributed by atoms with Crippen LogP contribution < -0.4 is 4.74 Å². The van der Waals surface area contributed by atoms with Gasteiger partial charge >= 0.3 is 0 Å². The number of phenols is 2. The highest BCUT2D eigenvalue weighted by atomic mass is 16.5. The molecule has 0 spiro atoms. The lowest BCUT2D eigenvalue weighted by Crippen LogP contribution is -2.24. The molecule has 0 radical (unpaired) electrons. The van der Waals surface area contributed by atoms with Gasteiger partial charge < -0.3 is 14.9 Å². The number of phenolic OH excluding ortho intramolecular Hbond substituents is 2. The van der Waals surface area contributed by atoms with Gasteiger partial charge in [0.25, 0.3) is 0 Å². The van der Waals surface area contributed by atoms with Crippen molar-refractivity contribution < 1.29 is 14.9 Å². The predicted molar refractivity (Wildman–Crippen MR) is 128 cm³/mol. The maximum Gasteiger partial charge on any atom is 0.142 e. The maximum absolute atomic E-state index is 9.94. The highest BCUT2D eigenvalue weighted by Gasteiger charge is 2.13. The van der Waals surface area contributed by atoms with E-state index in [0.717, 1.165) is 47.2 Å². The van der Waals surface area contributed by atoms with E-state index in [-0.39, 0.29) is 11.5 Å². The Kier molecular flexibility index (Phi) is 5.70. The quantitative estimate of drug-likeness (QED) is 0.401. The molecule has 2 N–H and O–H groups in total. The van der Waals surface area contributed by atoms with Crippen molar-refractivity contribution in [2.24, 2.45) is 0 Å². The first kappa shape index (κ1) is 20.4. The third-order valence-corrected chi connectivity index (χ3v) is 6.21. The summed E-state index contributed by atoms with van der Waals surface area (Å²) in [5, 5.41) is 21.8. The lowest BCUT2D eigenvalue weighted by atomic mass is 9.90. The molecule has 1 fully saturated rings. The zero-order valence-electron chi connectivity index (χ0n) is 18.0. The minimum Gasteiger partial charge on any atom is -0.508 e. The molecule has 0 aromatic heterocycles. The van der Waals surface area contributed by atoms with E-state index in [0.29, 0.717) is 6.73 Å². The van der Waals surface area contributed by atoms with Gasteiger partial charge in [0.1, 0.15) is 24.0 Å². The fourth-order valence-electron chi connectivity index (χ4n) is 4.47. The summed E-state index contributed by atoms with van der Waals surface area (Å²) in [5.41, 5.74) is 4.56. The molecule has 4 aromatic rings. The minimum absolute atomic E-state index is 0.255. The summed E-state index contributed by atoms with van der Waals surface area (Å²) >= 11 is 0. The molecule has 0 bridgehead atoms. The van der Waals surface area contributed by atoms with Crippen molar-refractivity contribution in [2.75, 3.05) is 19.8 Å². The molecule has 4 aromatic carbocycles. The fourth-order valence-corrected chi connectivity index (χ4v) is 4.47. The van der Waals surface area contributed by atoms with E-state index in [1.165, 1.54) is 24.0 Å². The number of aromatic hydroxyl groups is 2. The number of hydrogen-bond acceptors (Lipinski definition) is 4. The van der Waals surface area contributed by atoms with Crippen molar-refractivity contribution >= 4 is 10.8 Å². The number of likely N-dealkylation sites (tertiary alicyclic amines) is 1. The van der Waals surface area contributed by atoms with E-state index < -0.39 is 0 Å². The standard InChI is InChI=1S/C28H27NO3/c30-23-8-5-21(6-9-23)26-13-7-22-18-24(31)10-14-27(22)28(26)17-20-3-11-25(12-4-20)32-19-29-15-1-2-16-29/h3-14,18,30-31H,1-2,15-17,19H2. The van der Waals surface area contributed by atoms with Crippen LogP contribution in [-0.2, 0) is 6.42 Å². The Hall–Kier alpha value is -3.50. The Balaban J connectivity index is 1.45. The van der Waals surface area contributed by atoms with Crippen LogP contribution in [0, 0.1) is 0 Å². The number of benzene rings is 4. The van der Waals surface area contributed by atoms with Crippen LogP contribution in [0.4, 0.5) is 0 Å². The smallest absolute Gasteiger partial charge is 0.142 e. The summed E-state index contributed by atoms with van der Waals surface area (Å²) in [4.78, 5) is 2.34. The van der Waals surface area contributed by atoms with Crippen molar-refractivity contribution in [3.8, 4) is 28.4 Å². The second-order valence-corrected chi connectivity index (χ2v) is 8.46. The van der Waals surface area contributed by atoms with Crippen LogP contribution in [0.25, 0.3) is 21.9 Å². The molecule has 162 valence electrons. The topological polar surface area (TPSA) is 52.9 Å². The Bertz CT molecular complexity index is 1210. The Labute approximate surface area is 188 Å². The normalized spacial score (nSPS) is 14.1. The molecule has 5 rings (SSSR count). The minimum atomic E-state index is 0.255. The van der Waals surface area contributed by atoms with E-state index in [1.807, 2.05) is 36.4 Å². The van der Waals surface area contributed by atoms with Gasteiger partial charge in [-0.05, 0) is 88.7 Å². The summed E-state index contributed by atoms with van der Waals surface area (Å²) in [5.74, 6) is 1.41. The third-order valence-electron chi connectivity index (χ3n) is 6.21. The average Bonchev–Trinajstić information content (AvgIpc) is 3.33. The molecule has 4 heteroatoms. The first-order valence-electron chi connectivity index (χ1n) is 11.1. The molecule has 1 saturated heterocycles. The van der Waals surface area contributed by atoms with E-state index in [2.05, 4.69) is 23.1 Å². The number of nitrogens with zero attached hydrogens (tertiary/aromatic N) is 1. The Morgan fingerprint density at radius 3 is 2.22 bits per heavy atom. The SMILES string of the molecule is Oc1ccc(-c2ccc3cc(O)ccc3c2Cc2ccc(OCN3CCCC3)cc2)cc1. The maximum atomic E-state index is 9.94. The Morgan fingerprint density at radius 1 is 0.750 bits per heavy atom. The van der Waals surface area contributed by atoms with Gasteiger partial charge in [-0.25, -0.2) is 0 Å². The fraction of sp³-hybridized carbons (Fsp3) is 0.214. The van der Waals surface area contributed by atoms with Crippen LogP contribution in [0.5, 0.6) is 17.2 Å². The van der Waals surface area contributed by atoms with Crippen molar-refractivity contribution in [1.29, 1.82) is 0 Å². The summed E-state index contributed by atoms with van der Waals surface area (Å²) in [6.07, 6.45) is 3.27. The van der Waals surface area contributed by atoms with Crippen LogP contribution in [0.1, 0.15) is 24.0 Å². The number of fused-ring (bicyclic) bond motifs is 1. The lowest BCUT2D eigenvalue weighted by molar-refractivity contribution is 0.152. The van der Waals surface area contributed by atoms with Crippen LogP contribution in [0.2, 0.25) is 0 Å². The molecular weight excluding hydrogens is 398 g/mol. The Morgan fingerprint density at radius 2 is 1.47 bits per heavy atom. The average molecular weight is 426 g/mol. The largest absolute Gasteiger partial charge is 0.508 e. The van der Waals surface area contributed by atoms with Gasteiger partial charge in [0.15, 0.2) is 0 Å². The van der Waals surface area contributed by atoms with E-state index in [1.54, 1.807) is 24.3 Å².